The van der Waals surface area contributed by atoms with E-state index >= 15 is 0 Å². The van der Waals surface area contributed by atoms with E-state index in [1.807, 2.05) is 0 Å². The van der Waals surface area contributed by atoms with Gasteiger partial charge in [-0.05, 0) is 40.9 Å². The SMILES string of the molecule is COc1ccc(Br)c(NC(=O)N2CCC[C@H]2C(=O)O)c1. The van der Waals surface area contributed by atoms with Crippen molar-refractivity contribution in [3.8, 4) is 5.75 Å². The average Bonchev–Trinajstić information content (AvgIpc) is 2.90. The zero-order valence-corrected chi connectivity index (χ0v) is 12.5. The fourth-order valence-electron chi connectivity index (χ4n) is 2.18. The van der Waals surface area contributed by atoms with Crippen LogP contribution < -0.4 is 10.1 Å². The molecule has 108 valence electrons. The van der Waals surface area contributed by atoms with Crippen molar-refractivity contribution in [1.29, 1.82) is 0 Å². The number of nitrogens with zero attached hydrogens (tertiary/aromatic N) is 1. The molecular formula is C13H15BrN2O4. The van der Waals surface area contributed by atoms with Crippen molar-refractivity contribution >= 4 is 33.6 Å². The second kappa shape index (κ2) is 6.13. The third-order valence-electron chi connectivity index (χ3n) is 3.21. The molecule has 7 heteroatoms. The number of carboxylic acids is 1. The predicted octanol–water partition coefficient (Wildman–Crippen LogP) is 2.54. The lowest BCUT2D eigenvalue weighted by molar-refractivity contribution is -0.141. The molecule has 1 heterocycles. The summed E-state index contributed by atoms with van der Waals surface area (Å²) < 4.78 is 5.80. The lowest BCUT2D eigenvalue weighted by atomic mass is 10.2. The first-order valence-corrected chi connectivity index (χ1v) is 6.96. The third kappa shape index (κ3) is 3.04. The summed E-state index contributed by atoms with van der Waals surface area (Å²) in [5, 5.41) is 11.8. The lowest BCUT2D eigenvalue weighted by Crippen LogP contribution is -2.42. The summed E-state index contributed by atoms with van der Waals surface area (Å²) >= 11 is 3.34. The van der Waals surface area contributed by atoms with Crippen LogP contribution in [0.5, 0.6) is 5.75 Å². The van der Waals surface area contributed by atoms with E-state index < -0.39 is 18.0 Å². The van der Waals surface area contributed by atoms with Gasteiger partial charge in [-0.15, -0.1) is 0 Å². The van der Waals surface area contributed by atoms with Crippen LogP contribution in [0.3, 0.4) is 0 Å². The molecule has 2 N–H and O–H groups in total. The molecule has 1 saturated heterocycles. The van der Waals surface area contributed by atoms with E-state index in [2.05, 4.69) is 21.2 Å². The summed E-state index contributed by atoms with van der Waals surface area (Å²) in [7, 11) is 1.54. The molecule has 2 rings (SSSR count). The molecule has 1 aliphatic rings. The lowest BCUT2D eigenvalue weighted by Gasteiger charge is -2.22. The largest absolute Gasteiger partial charge is 0.497 e. The number of carbonyl (C=O) groups is 2. The van der Waals surface area contributed by atoms with Gasteiger partial charge in [-0.1, -0.05) is 0 Å². The van der Waals surface area contributed by atoms with Crippen molar-refractivity contribution in [2.24, 2.45) is 0 Å². The molecular weight excluding hydrogens is 328 g/mol. The van der Waals surface area contributed by atoms with Gasteiger partial charge in [-0.3, -0.25) is 0 Å². The highest BCUT2D eigenvalue weighted by atomic mass is 79.9. The Kier molecular flexibility index (Phi) is 4.49. The van der Waals surface area contributed by atoms with Crippen LogP contribution in [0.1, 0.15) is 12.8 Å². The molecule has 0 aliphatic carbocycles. The van der Waals surface area contributed by atoms with E-state index in [9.17, 15) is 9.59 Å². The maximum atomic E-state index is 12.2. The van der Waals surface area contributed by atoms with E-state index in [4.69, 9.17) is 9.84 Å². The molecule has 0 unspecified atom stereocenters. The number of methoxy groups -OCH3 is 1. The van der Waals surface area contributed by atoms with E-state index in [0.29, 0.717) is 35.3 Å². The second-order valence-corrected chi connectivity index (χ2v) is 5.32. The maximum absolute atomic E-state index is 12.2. The zero-order valence-electron chi connectivity index (χ0n) is 10.9. The zero-order chi connectivity index (χ0) is 14.7. The minimum atomic E-state index is -0.970. The molecule has 0 bridgehead atoms. The minimum Gasteiger partial charge on any atom is -0.497 e. The number of carboxylic acid groups (broad SMARTS) is 1. The summed E-state index contributed by atoms with van der Waals surface area (Å²) in [6, 6.07) is 4.03. The number of nitrogens with one attached hydrogen (secondary N) is 1. The number of benzene rings is 1. The van der Waals surface area contributed by atoms with Crippen molar-refractivity contribution in [3.63, 3.8) is 0 Å². The number of amides is 2. The molecule has 1 aromatic rings. The van der Waals surface area contributed by atoms with E-state index in [1.165, 1.54) is 12.0 Å². The van der Waals surface area contributed by atoms with Crippen molar-refractivity contribution in [3.05, 3.63) is 22.7 Å². The number of ether oxygens (including phenoxy) is 1. The normalized spacial score (nSPS) is 17.9. The minimum absolute atomic E-state index is 0.413. The van der Waals surface area contributed by atoms with Crippen molar-refractivity contribution in [2.45, 2.75) is 18.9 Å². The number of urea groups is 1. The van der Waals surface area contributed by atoms with Crippen LogP contribution in [0.2, 0.25) is 0 Å². The summed E-state index contributed by atoms with van der Waals surface area (Å²) in [5.74, 6) is -0.359. The maximum Gasteiger partial charge on any atom is 0.326 e. The van der Waals surface area contributed by atoms with Gasteiger partial charge in [0.05, 0.1) is 12.8 Å². The number of carbonyl (C=O) groups excluding carboxylic acids is 1. The van der Waals surface area contributed by atoms with Gasteiger partial charge >= 0.3 is 12.0 Å². The molecule has 0 spiro atoms. The number of halogens is 1. The van der Waals surface area contributed by atoms with E-state index in [-0.39, 0.29) is 0 Å². The quantitative estimate of drug-likeness (QED) is 0.884. The number of hydrogen-bond acceptors (Lipinski definition) is 3. The number of anilines is 1. The fraction of sp³-hybridized carbons (Fsp3) is 0.385. The predicted molar refractivity (Wildman–Crippen MR) is 77.1 cm³/mol. The molecule has 1 aromatic carbocycles. The highest BCUT2D eigenvalue weighted by Gasteiger charge is 2.34. The van der Waals surface area contributed by atoms with Gasteiger partial charge in [0.2, 0.25) is 0 Å². The van der Waals surface area contributed by atoms with Gasteiger partial charge in [0.15, 0.2) is 0 Å². The second-order valence-electron chi connectivity index (χ2n) is 4.47. The number of aliphatic carboxylic acids is 1. The summed E-state index contributed by atoms with van der Waals surface area (Å²) in [5.41, 5.74) is 0.547. The topological polar surface area (TPSA) is 78.9 Å². The van der Waals surface area contributed by atoms with Crippen LogP contribution in [0.4, 0.5) is 10.5 Å². The first-order chi connectivity index (χ1) is 9.52. The van der Waals surface area contributed by atoms with Gasteiger partial charge in [0.1, 0.15) is 11.8 Å². The smallest absolute Gasteiger partial charge is 0.326 e. The van der Waals surface area contributed by atoms with Gasteiger partial charge in [0.25, 0.3) is 0 Å². The van der Waals surface area contributed by atoms with E-state index in [1.54, 1.807) is 18.2 Å². The Bertz CT molecular complexity index is 535. The highest BCUT2D eigenvalue weighted by Crippen LogP contribution is 2.28. The molecule has 0 saturated carbocycles. The number of likely N-dealkylation sites (tertiary alicyclic amines) is 1. The van der Waals surface area contributed by atoms with Crippen molar-refractivity contribution in [1.82, 2.24) is 4.90 Å². The molecule has 1 atom stereocenters. The number of hydrogen-bond donors (Lipinski definition) is 2. The standard InChI is InChI=1S/C13H15BrN2O4/c1-20-8-4-5-9(14)10(7-8)15-13(19)16-6-2-3-11(16)12(17)18/h4-5,7,11H,2-3,6H2,1H3,(H,15,19)(H,17,18)/t11-/m0/s1. The molecule has 2 amide bonds. The van der Waals surface area contributed by atoms with Crippen molar-refractivity contribution < 1.29 is 19.4 Å². The van der Waals surface area contributed by atoms with Crippen LogP contribution >= 0.6 is 15.9 Å². The third-order valence-corrected chi connectivity index (χ3v) is 3.91. The molecule has 1 fully saturated rings. The van der Waals surface area contributed by atoms with Crippen molar-refractivity contribution in [2.75, 3.05) is 19.0 Å². The van der Waals surface area contributed by atoms with Crippen LogP contribution in [0.15, 0.2) is 22.7 Å². The van der Waals surface area contributed by atoms with Crippen LogP contribution in [-0.2, 0) is 4.79 Å². The van der Waals surface area contributed by atoms with Gasteiger partial charge in [0, 0.05) is 17.1 Å². The molecule has 0 aromatic heterocycles. The monoisotopic (exact) mass is 342 g/mol. The first-order valence-electron chi connectivity index (χ1n) is 6.17. The molecule has 0 radical (unpaired) electrons. The molecule has 1 aliphatic heterocycles. The van der Waals surface area contributed by atoms with Gasteiger partial charge in [-0.25, -0.2) is 9.59 Å². The Balaban J connectivity index is 2.13. The Morgan fingerprint density at radius 1 is 1.50 bits per heavy atom. The highest BCUT2D eigenvalue weighted by molar-refractivity contribution is 9.10. The fourth-order valence-corrected chi connectivity index (χ4v) is 2.53. The van der Waals surface area contributed by atoms with E-state index in [0.717, 1.165) is 0 Å². The summed E-state index contributed by atoms with van der Waals surface area (Å²) in [6.07, 6.45) is 1.19. The Morgan fingerprint density at radius 3 is 2.90 bits per heavy atom. The van der Waals surface area contributed by atoms with Gasteiger partial charge < -0.3 is 20.1 Å². The Hall–Kier alpha value is -1.76. The molecule has 6 nitrogen and oxygen atoms in total. The van der Waals surface area contributed by atoms with Crippen LogP contribution in [-0.4, -0.2) is 41.7 Å². The average molecular weight is 343 g/mol. The Labute approximate surface area is 124 Å². The first kappa shape index (κ1) is 14.6. The Morgan fingerprint density at radius 2 is 2.25 bits per heavy atom. The molecule has 20 heavy (non-hydrogen) atoms. The van der Waals surface area contributed by atoms with Crippen LogP contribution in [0.25, 0.3) is 0 Å². The summed E-state index contributed by atoms with van der Waals surface area (Å²) in [4.78, 5) is 24.6. The number of rotatable bonds is 3. The summed E-state index contributed by atoms with van der Waals surface area (Å²) in [6.45, 7) is 0.449. The van der Waals surface area contributed by atoms with Gasteiger partial charge in [-0.2, -0.15) is 0 Å². The van der Waals surface area contributed by atoms with Crippen LogP contribution in [0, 0.1) is 0 Å².